The first kappa shape index (κ1) is 14.2. The molecule has 1 fully saturated rings. The zero-order valence-electron chi connectivity index (χ0n) is 9.36. The third kappa shape index (κ3) is 4.20. The molecule has 7 heteroatoms. The summed E-state index contributed by atoms with van der Waals surface area (Å²) in [7, 11) is -3.35. The summed E-state index contributed by atoms with van der Waals surface area (Å²) in [5.41, 5.74) is 5.23. The number of nitrogens with one attached hydrogen (secondary N) is 1. The molecule has 0 heterocycles. The summed E-state index contributed by atoms with van der Waals surface area (Å²) < 4.78 is 25.8. The second-order valence-electron chi connectivity index (χ2n) is 4.14. The number of nitrogens with two attached hydrogens (primary N) is 1. The van der Waals surface area contributed by atoms with Gasteiger partial charge in [0.1, 0.15) is 5.75 Å². The topological polar surface area (TPSA) is 72.2 Å². The molecule has 94 valence electrons. The van der Waals surface area contributed by atoms with Gasteiger partial charge in [0, 0.05) is 11.3 Å². The summed E-state index contributed by atoms with van der Waals surface area (Å²) in [5, 5.41) is 0. The van der Waals surface area contributed by atoms with E-state index in [1.165, 1.54) is 12.8 Å². The van der Waals surface area contributed by atoms with E-state index in [1.54, 1.807) is 11.8 Å². The Bertz CT molecular complexity index is 348. The lowest BCUT2D eigenvalue weighted by Gasteiger charge is -2.26. The van der Waals surface area contributed by atoms with Crippen LogP contribution in [-0.4, -0.2) is 36.7 Å². The lowest BCUT2D eigenvalue weighted by atomic mass is 10.1. The van der Waals surface area contributed by atoms with E-state index in [1.807, 2.05) is 6.26 Å². The van der Waals surface area contributed by atoms with Crippen molar-refractivity contribution in [3.8, 4) is 0 Å². The molecule has 4 nitrogen and oxygen atoms in total. The fourth-order valence-electron chi connectivity index (χ4n) is 1.95. The number of sulfonamides is 1. The van der Waals surface area contributed by atoms with E-state index in [0.29, 0.717) is 6.54 Å². The lowest BCUT2D eigenvalue weighted by molar-refractivity contribution is 0.554. The van der Waals surface area contributed by atoms with Gasteiger partial charge in [-0.25, -0.2) is 13.1 Å². The van der Waals surface area contributed by atoms with Crippen molar-refractivity contribution >= 4 is 39.0 Å². The molecule has 0 unspecified atom stereocenters. The van der Waals surface area contributed by atoms with E-state index >= 15 is 0 Å². The summed E-state index contributed by atoms with van der Waals surface area (Å²) in [5.74, 6) is -0.257. The largest absolute Gasteiger partial charge is 0.392 e. The maximum absolute atomic E-state index is 11.6. The van der Waals surface area contributed by atoms with Crippen LogP contribution in [0, 0.1) is 0 Å². The van der Waals surface area contributed by atoms with Crippen LogP contribution in [0.15, 0.2) is 0 Å². The fraction of sp³-hybridized carbons (Fsp3) is 0.889. The molecule has 0 aromatic rings. The summed E-state index contributed by atoms with van der Waals surface area (Å²) in [4.78, 5) is 0.0112. The number of rotatable bonds is 6. The van der Waals surface area contributed by atoms with Crippen molar-refractivity contribution in [1.29, 1.82) is 0 Å². The average Bonchev–Trinajstić information content (AvgIpc) is 2.62. The Morgan fingerprint density at radius 2 is 2.06 bits per heavy atom. The van der Waals surface area contributed by atoms with Crippen LogP contribution < -0.4 is 10.5 Å². The first-order chi connectivity index (χ1) is 7.39. The first-order valence-electron chi connectivity index (χ1n) is 5.20. The third-order valence-corrected chi connectivity index (χ3v) is 5.92. The maximum Gasteiger partial charge on any atom is 0.218 e. The van der Waals surface area contributed by atoms with Crippen LogP contribution in [0.1, 0.15) is 25.7 Å². The molecule has 0 aliphatic heterocycles. The molecule has 0 amide bonds. The van der Waals surface area contributed by atoms with E-state index in [2.05, 4.69) is 16.9 Å². The molecule has 0 spiro atoms. The Labute approximate surface area is 107 Å². The molecule has 0 aromatic carbocycles. The van der Waals surface area contributed by atoms with Crippen LogP contribution in [0.5, 0.6) is 0 Å². The molecule has 1 aliphatic carbocycles. The first-order valence-corrected chi connectivity index (χ1v) is 8.48. The van der Waals surface area contributed by atoms with Crippen molar-refractivity contribution in [2.45, 2.75) is 30.4 Å². The SMILES string of the molecule is CSC1(CNS(=O)(=O)CC(N)=S)CCCC1. The van der Waals surface area contributed by atoms with Crippen molar-refractivity contribution in [1.82, 2.24) is 4.72 Å². The highest BCUT2D eigenvalue weighted by Crippen LogP contribution is 2.39. The molecule has 16 heavy (non-hydrogen) atoms. The van der Waals surface area contributed by atoms with Gasteiger partial charge in [0.15, 0.2) is 0 Å². The van der Waals surface area contributed by atoms with E-state index in [0.717, 1.165) is 12.8 Å². The fourth-order valence-corrected chi connectivity index (χ4v) is 4.40. The highest BCUT2D eigenvalue weighted by molar-refractivity contribution is 8.00. The van der Waals surface area contributed by atoms with Crippen molar-refractivity contribution in [3.63, 3.8) is 0 Å². The zero-order valence-corrected chi connectivity index (χ0v) is 11.8. The number of thioether (sulfide) groups is 1. The minimum absolute atomic E-state index is 0.0112. The molecular weight excluding hydrogens is 264 g/mol. The Morgan fingerprint density at radius 1 is 1.50 bits per heavy atom. The van der Waals surface area contributed by atoms with Crippen LogP contribution >= 0.6 is 24.0 Å². The van der Waals surface area contributed by atoms with Crippen LogP contribution in [0.2, 0.25) is 0 Å². The molecule has 0 atom stereocenters. The van der Waals surface area contributed by atoms with Gasteiger partial charge in [-0.3, -0.25) is 0 Å². The van der Waals surface area contributed by atoms with Gasteiger partial charge in [0.05, 0.1) is 4.99 Å². The van der Waals surface area contributed by atoms with Crippen LogP contribution in [0.3, 0.4) is 0 Å². The van der Waals surface area contributed by atoms with Gasteiger partial charge in [0.2, 0.25) is 10.0 Å². The number of hydrogen-bond donors (Lipinski definition) is 2. The summed E-state index contributed by atoms with van der Waals surface area (Å²) in [6.45, 7) is 0.485. The van der Waals surface area contributed by atoms with E-state index < -0.39 is 10.0 Å². The predicted octanol–water partition coefficient (Wildman–Crippen LogP) is 0.868. The maximum atomic E-state index is 11.6. The third-order valence-electron chi connectivity index (χ3n) is 2.89. The van der Waals surface area contributed by atoms with Gasteiger partial charge in [0.25, 0.3) is 0 Å². The van der Waals surface area contributed by atoms with Gasteiger partial charge in [-0.2, -0.15) is 11.8 Å². The molecule has 3 N–H and O–H groups in total. The molecule has 0 aromatic heterocycles. The molecule has 1 saturated carbocycles. The van der Waals surface area contributed by atoms with Crippen molar-refractivity contribution in [2.24, 2.45) is 5.73 Å². The quantitative estimate of drug-likeness (QED) is 0.707. The summed E-state index contributed by atoms with van der Waals surface area (Å²) >= 11 is 6.35. The average molecular weight is 282 g/mol. The Balaban J connectivity index is 2.52. The molecule has 0 bridgehead atoms. The molecule has 0 saturated heterocycles. The Hall–Kier alpha value is 0.150. The van der Waals surface area contributed by atoms with Crippen molar-refractivity contribution in [2.75, 3.05) is 18.6 Å². The van der Waals surface area contributed by atoms with E-state index in [4.69, 9.17) is 5.73 Å². The standard InChI is InChI=1S/C9H18N2O2S3/c1-15-9(4-2-3-5-9)7-11-16(12,13)6-8(10)14/h11H,2-7H2,1H3,(H2,10,14). The van der Waals surface area contributed by atoms with Gasteiger partial charge < -0.3 is 5.73 Å². The van der Waals surface area contributed by atoms with Crippen LogP contribution in [0.25, 0.3) is 0 Å². The minimum atomic E-state index is -3.35. The smallest absolute Gasteiger partial charge is 0.218 e. The van der Waals surface area contributed by atoms with Gasteiger partial charge in [-0.1, -0.05) is 25.1 Å². The second kappa shape index (κ2) is 5.66. The van der Waals surface area contributed by atoms with Crippen LogP contribution in [0.4, 0.5) is 0 Å². The Kier molecular flexibility index (Phi) is 5.03. The monoisotopic (exact) mass is 282 g/mol. The zero-order chi connectivity index (χ0) is 12.2. The number of hydrogen-bond acceptors (Lipinski definition) is 4. The lowest BCUT2D eigenvalue weighted by Crippen LogP contribution is -2.41. The molecular formula is C9H18N2O2S3. The van der Waals surface area contributed by atoms with Crippen LogP contribution in [-0.2, 0) is 10.0 Å². The Morgan fingerprint density at radius 3 is 2.50 bits per heavy atom. The van der Waals surface area contributed by atoms with Gasteiger partial charge in [-0.15, -0.1) is 0 Å². The van der Waals surface area contributed by atoms with Crippen molar-refractivity contribution in [3.05, 3.63) is 0 Å². The highest BCUT2D eigenvalue weighted by atomic mass is 32.2. The molecule has 1 rings (SSSR count). The second-order valence-corrected chi connectivity index (χ2v) is 7.75. The van der Waals surface area contributed by atoms with E-state index in [9.17, 15) is 8.42 Å². The minimum Gasteiger partial charge on any atom is -0.392 e. The predicted molar refractivity (Wildman–Crippen MR) is 73.3 cm³/mol. The number of thiocarbonyl (C=S) groups is 1. The van der Waals surface area contributed by atoms with Crippen molar-refractivity contribution < 1.29 is 8.42 Å². The van der Waals surface area contributed by atoms with E-state index in [-0.39, 0.29) is 15.5 Å². The van der Waals surface area contributed by atoms with Gasteiger partial charge in [-0.05, 0) is 19.1 Å². The summed E-state index contributed by atoms with van der Waals surface area (Å²) in [6, 6.07) is 0. The van der Waals surface area contributed by atoms with Gasteiger partial charge >= 0.3 is 0 Å². The molecule has 1 aliphatic rings. The summed E-state index contributed by atoms with van der Waals surface area (Å²) in [6.07, 6.45) is 6.54. The highest BCUT2D eigenvalue weighted by Gasteiger charge is 2.33. The normalized spacial score (nSPS) is 19.8. The molecule has 0 radical (unpaired) electrons.